The topological polar surface area (TPSA) is 46.5 Å². The summed E-state index contributed by atoms with van der Waals surface area (Å²) in [5, 5.41) is 9.72. The first-order valence-electron chi connectivity index (χ1n) is 6.10. The van der Waals surface area contributed by atoms with Gasteiger partial charge in [0, 0.05) is 6.42 Å². The molecule has 1 aromatic rings. The Kier molecular flexibility index (Phi) is 6.33. The molecule has 3 heteroatoms. The van der Waals surface area contributed by atoms with E-state index >= 15 is 0 Å². The maximum Gasteiger partial charge on any atom is 0.305 e. The number of ether oxygens (including phenoxy) is 1. The highest BCUT2D eigenvalue weighted by Crippen LogP contribution is 2.09. The van der Waals surface area contributed by atoms with E-state index in [0.717, 1.165) is 6.42 Å². The zero-order valence-electron chi connectivity index (χ0n) is 10.3. The van der Waals surface area contributed by atoms with Gasteiger partial charge in [0.15, 0.2) is 0 Å². The zero-order valence-corrected chi connectivity index (χ0v) is 10.3. The minimum Gasteiger partial charge on any atom is -0.466 e. The molecule has 1 atom stereocenters. The molecule has 17 heavy (non-hydrogen) atoms. The molecule has 0 saturated heterocycles. The van der Waals surface area contributed by atoms with Gasteiger partial charge < -0.3 is 9.84 Å². The molecular weight excluding hydrogens is 216 g/mol. The van der Waals surface area contributed by atoms with Gasteiger partial charge in [0.25, 0.3) is 0 Å². The van der Waals surface area contributed by atoms with Crippen molar-refractivity contribution in [2.45, 2.75) is 38.7 Å². The van der Waals surface area contributed by atoms with Gasteiger partial charge in [0.05, 0.1) is 12.7 Å². The molecule has 0 fully saturated rings. The molecule has 1 unspecified atom stereocenters. The number of rotatable bonds is 7. The number of carbonyl (C=O) groups is 1. The van der Waals surface area contributed by atoms with E-state index in [0.29, 0.717) is 25.9 Å². The number of carbonyl (C=O) groups excluding carboxylic acids is 1. The average molecular weight is 236 g/mol. The van der Waals surface area contributed by atoms with Gasteiger partial charge in [-0.15, -0.1) is 0 Å². The standard InChI is InChI=1S/C14H20O3/c1-2-17-14(16)11-10-13(15)9-8-12-6-4-3-5-7-12/h3-7,13,15H,2,8-11H2,1H3. The summed E-state index contributed by atoms with van der Waals surface area (Å²) in [4.78, 5) is 11.1. The molecule has 0 aliphatic rings. The number of aryl methyl sites for hydroxylation is 1. The van der Waals surface area contributed by atoms with Gasteiger partial charge in [-0.1, -0.05) is 30.3 Å². The van der Waals surface area contributed by atoms with E-state index in [1.54, 1.807) is 6.92 Å². The summed E-state index contributed by atoms with van der Waals surface area (Å²) in [6.45, 7) is 2.18. The summed E-state index contributed by atoms with van der Waals surface area (Å²) in [5.41, 5.74) is 1.21. The lowest BCUT2D eigenvalue weighted by Crippen LogP contribution is -2.12. The van der Waals surface area contributed by atoms with E-state index in [-0.39, 0.29) is 5.97 Å². The van der Waals surface area contributed by atoms with Crippen LogP contribution in [0, 0.1) is 0 Å². The van der Waals surface area contributed by atoms with E-state index in [2.05, 4.69) is 0 Å². The quantitative estimate of drug-likeness (QED) is 0.739. The van der Waals surface area contributed by atoms with Gasteiger partial charge in [-0.05, 0) is 31.7 Å². The molecule has 0 spiro atoms. The first kappa shape index (κ1) is 13.7. The predicted octanol–water partition coefficient (Wildman–Crippen LogP) is 2.32. The molecule has 0 heterocycles. The monoisotopic (exact) mass is 236 g/mol. The lowest BCUT2D eigenvalue weighted by molar-refractivity contribution is -0.143. The van der Waals surface area contributed by atoms with Gasteiger partial charge >= 0.3 is 5.97 Å². The number of aliphatic hydroxyl groups is 1. The Bertz CT molecular complexity index is 321. The maximum atomic E-state index is 11.1. The van der Waals surface area contributed by atoms with Crippen LogP contribution in [0.1, 0.15) is 31.7 Å². The first-order valence-corrected chi connectivity index (χ1v) is 6.10. The second kappa shape index (κ2) is 7.85. The highest BCUT2D eigenvalue weighted by Gasteiger charge is 2.08. The number of hydrogen-bond donors (Lipinski definition) is 1. The molecule has 0 saturated carbocycles. The van der Waals surface area contributed by atoms with Gasteiger partial charge in [-0.25, -0.2) is 0 Å². The highest BCUT2D eigenvalue weighted by molar-refractivity contribution is 5.69. The van der Waals surface area contributed by atoms with Crippen LogP contribution in [0.2, 0.25) is 0 Å². The third-order valence-corrected chi connectivity index (χ3v) is 2.60. The molecule has 0 aromatic heterocycles. The van der Waals surface area contributed by atoms with Crippen molar-refractivity contribution in [1.29, 1.82) is 0 Å². The van der Waals surface area contributed by atoms with Crippen LogP contribution >= 0.6 is 0 Å². The molecule has 0 aliphatic carbocycles. The van der Waals surface area contributed by atoms with E-state index in [1.165, 1.54) is 5.56 Å². The summed E-state index contributed by atoms with van der Waals surface area (Å²) in [6.07, 6.45) is 1.86. The summed E-state index contributed by atoms with van der Waals surface area (Å²) in [5.74, 6) is -0.230. The number of hydrogen-bond acceptors (Lipinski definition) is 3. The first-order chi connectivity index (χ1) is 8.22. The van der Waals surface area contributed by atoms with Gasteiger partial charge in [-0.3, -0.25) is 4.79 Å². The Hall–Kier alpha value is -1.35. The van der Waals surface area contributed by atoms with Crippen LogP contribution in [0.15, 0.2) is 30.3 Å². The second-order valence-electron chi connectivity index (χ2n) is 4.02. The van der Waals surface area contributed by atoms with Crippen LogP contribution in [-0.4, -0.2) is 23.8 Å². The maximum absolute atomic E-state index is 11.1. The molecule has 1 N–H and O–H groups in total. The Morgan fingerprint density at radius 2 is 2.00 bits per heavy atom. The summed E-state index contributed by atoms with van der Waals surface area (Å²) in [6, 6.07) is 10.0. The number of benzene rings is 1. The zero-order chi connectivity index (χ0) is 12.5. The molecule has 94 valence electrons. The largest absolute Gasteiger partial charge is 0.466 e. The van der Waals surface area contributed by atoms with E-state index in [4.69, 9.17) is 4.74 Å². The molecule has 3 nitrogen and oxygen atoms in total. The Morgan fingerprint density at radius 3 is 2.65 bits per heavy atom. The Balaban J connectivity index is 2.17. The molecule has 0 bridgehead atoms. The summed E-state index contributed by atoms with van der Waals surface area (Å²) >= 11 is 0. The van der Waals surface area contributed by atoms with Crippen molar-refractivity contribution in [2.24, 2.45) is 0 Å². The van der Waals surface area contributed by atoms with Crippen molar-refractivity contribution in [3.63, 3.8) is 0 Å². The minimum absolute atomic E-state index is 0.230. The minimum atomic E-state index is -0.431. The lowest BCUT2D eigenvalue weighted by atomic mass is 10.0. The molecule has 0 radical (unpaired) electrons. The average Bonchev–Trinajstić information content (AvgIpc) is 2.35. The fourth-order valence-electron chi connectivity index (χ4n) is 1.64. The van der Waals surface area contributed by atoms with Crippen LogP contribution in [0.4, 0.5) is 0 Å². The van der Waals surface area contributed by atoms with Crippen molar-refractivity contribution in [3.8, 4) is 0 Å². The van der Waals surface area contributed by atoms with E-state index < -0.39 is 6.10 Å². The fraction of sp³-hybridized carbons (Fsp3) is 0.500. The second-order valence-corrected chi connectivity index (χ2v) is 4.02. The van der Waals surface area contributed by atoms with E-state index in [1.807, 2.05) is 30.3 Å². The summed E-state index contributed by atoms with van der Waals surface area (Å²) in [7, 11) is 0. The number of aliphatic hydroxyl groups excluding tert-OH is 1. The van der Waals surface area contributed by atoms with Crippen LogP contribution in [0.3, 0.4) is 0 Å². The summed E-state index contributed by atoms with van der Waals surface area (Å²) < 4.78 is 4.81. The van der Waals surface area contributed by atoms with Crippen LogP contribution in [-0.2, 0) is 16.0 Å². The van der Waals surface area contributed by atoms with Crippen molar-refractivity contribution in [2.75, 3.05) is 6.61 Å². The molecule has 0 amide bonds. The Morgan fingerprint density at radius 1 is 1.29 bits per heavy atom. The van der Waals surface area contributed by atoms with Crippen molar-refractivity contribution < 1.29 is 14.6 Å². The smallest absolute Gasteiger partial charge is 0.305 e. The van der Waals surface area contributed by atoms with Crippen LogP contribution < -0.4 is 0 Å². The van der Waals surface area contributed by atoms with Crippen molar-refractivity contribution in [1.82, 2.24) is 0 Å². The van der Waals surface area contributed by atoms with Crippen molar-refractivity contribution >= 4 is 5.97 Å². The van der Waals surface area contributed by atoms with E-state index in [9.17, 15) is 9.90 Å². The third kappa shape index (κ3) is 6.07. The van der Waals surface area contributed by atoms with Crippen molar-refractivity contribution in [3.05, 3.63) is 35.9 Å². The van der Waals surface area contributed by atoms with Gasteiger partial charge in [0.2, 0.25) is 0 Å². The predicted molar refractivity (Wildman–Crippen MR) is 66.6 cm³/mol. The molecular formula is C14H20O3. The van der Waals surface area contributed by atoms with Crippen LogP contribution in [0.5, 0.6) is 0 Å². The third-order valence-electron chi connectivity index (χ3n) is 2.60. The lowest BCUT2D eigenvalue weighted by Gasteiger charge is -2.09. The fourth-order valence-corrected chi connectivity index (χ4v) is 1.64. The number of esters is 1. The SMILES string of the molecule is CCOC(=O)CCC(O)CCc1ccccc1. The Labute approximate surface area is 102 Å². The van der Waals surface area contributed by atoms with Gasteiger partial charge in [0.1, 0.15) is 0 Å². The molecule has 1 rings (SSSR count). The highest BCUT2D eigenvalue weighted by atomic mass is 16.5. The molecule has 0 aliphatic heterocycles. The normalized spacial score (nSPS) is 12.1. The van der Waals surface area contributed by atoms with Gasteiger partial charge in [-0.2, -0.15) is 0 Å². The van der Waals surface area contributed by atoms with Crippen LogP contribution in [0.25, 0.3) is 0 Å². The molecule has 1 aromatic carbocycles.